The zero-order chi connectivity index (χ0) is 9.68. The van der Waals surface area contributed by atoms with Gasteiger partial charge in [0.25, 0.3) is 0 Å². The number of methoxy groups -OCH3 is 1. The van der Waals surface area contributed by atoms with Crippen LogP contribution in [0, 0.1) is 11.3 Å². The van der Waals surface area contributed by atoms with Gasteiger partial charge in [0.2, 0.25) is 0 Å². The number of rotatable bonds is 3. The SMILES string of the molecule is COCOc1cc(O)cc(C#N)c1. The summed E-state index contributed by atoms with van der Waals surface area (Å²) in [5.41, 5.74) is 0.353. The molecule has 0 saturated heterocycles. The van der Waals surface area contributed by atoms with Crippen molar-refractivity contribution in [3.63, 3.8) is 0 Å². The highest BCUT2D eigenvalue weighted by Crippen LogP contribution is 2.20. The molecule has 0 bridgehead atoms. The van der Waals surface area contributed by atoms with Crippen molar-refractivity contribution in [2.45, 2.75) is 0 Å². The van der Waals surface area contributed by atoms with Crippen LogP contribution in [0.4, 0.5) is 0 Å². The number of ether oxygens (including phenoxy) is 2. The van der Waals surface area contributed by atoms with Crippen LogP contribution in [-0.4, -0.2) is 19.0 Å². The van der Waals surface area contributed by atoms with Crippen molar-refractivity contribution in [1.82, 2.24) is 0 Å². The maximum Gasteiger partial charge on any atom is 0.188 e. The summed E-state index contributed by atoms with van der Waals surface area (Å²) in [6.45, 7) is 0.0916. The van der Waals surface area contributed by atoms with Gasteiger partial charge in [-0.3, -0.25) is 0 Å². The summed E-state index contributed by atoms with van der Waals surface area (Å²) in [6.07, 6.45) is 0. The molecule has 0 aliphatic heterocycles. The van der Waals surface area contributed by atoms with E-state index in [-0.39, 0.29) is 12.5 Å². The molecule has 0 aromatic heterocycles. The molecule has 1 rings (SSSR count). The maximum atomic E-state index is 9.15. The molecular weight excluding hydrogens is 170 g/mol. The van der Waals surface area contributed by atoms with Crippen molar-refractivity contribution in [2.75, 3.05) is 13.9 Å². The molecule has 1 aromatic rings. The summed E-state index contributed by atoms with van der Waals surface area (Å²) in [6, 6.07) is 6.21. The molecule has 0 fully saturated rings. The highest BCUT2D eigenvalue weighted by atomic mass is 16.7. The molecule has 0 spiro atoms. The molecule has 4 heteroatoms. The first-order chi connectivity index (χ1) is 6.26. The molecule has 0 radical (unpaired) electrons. The number of nitriles is 1. The van der Waals surface area contributed by atoms with E-state index in [1.54, 1.807) is 0 Å². The summed E-state index contributed by atoms with van der Waals surface area (Å²) in [7, 11) is 1.49. The van der Waals surface area contributed by atoms with Crippen molar-refractivity contribution in [3.05, 3.63) is 23.8 Å². The molecule has 1 aromatic carbocycles. The van der Waals surface area contributed by atoms with E-state index in [1.165, 1.54) is 25.3 Å². The van der Waals surface area contributed by atoms with E-state index in [9.17, 15) is 0 Å². The van der Waals surface area contributed by atoms with E-state index < -0.39 is 0 Å². The molecule has 0 amide bonds. The predicted octanol–water partition coefficient (Wildman–Crippen LogP) is 1.25. The Morgan fingerprint density at radius 3 is 2.85 bits per heavy atom. The topological polar surface area (TPSA) is 62.5 Å². The van der Waals surface area contributed by atoms with Crippen LogP contribution >= 0.6 is 0 Å². The largest absolute Gasteiger partial charge is 0.508 e. The van der Waals surface area contributed by atoms with Crippen LogP contribution in [0.15, 0.2) is 18.2 Å². The number of aromatic hydroxyl groups is 1. The van der Waals surface area contributed by atoms with Crippen LogP contribution < -0.4 is 4.74 Å². The van der Waals surface area contributed by atoms with Crippen LogP contribution in [-0.2, 0) is 4.74 Å². The van der Waals surface area contributed by atoms with E-state index in [0.29, 0.717) is 11.3 Å². The van der Waals surface area contributed by atoms with Crippen molar-refractivity contribution in [3.8, 4) is 17.6 Å². The first kappa shape index (κ1) is 9.36. The lowest BCUT2D eigenvalue weighted by Gasteiger charge is -2.04. The number of benzene rings is 1. The number of phenols is 1. The van der Waals surface area contributed by atoms with Gasteiger partial charge in [-0.1, -0.05) is 0 Å². The van der Waals surface area contributed by atoms with Gasteiger partial charge in [-0.15, -0.1) is 0 Å². The van der Waals surface area contributed by atoms with Crippen molar-refractivity contribution >= 4 is 0 Å². The second kappa shape index (κ2) is 4.33. The minimum atomic E-state index is 0.00477. The average Bonchev–Trinajstić information content (AvgIpc) is 2.14. The Hall–Kier alpha value is -1.73. The van der Waals surface area contributed by atoms with Crippen molar-refractivity contribution in [2.24, 2.45) is 0 Å². The molecule has 0 aliphatic carbocycles. The minimum Gasteiger partial charge on any atom is -0.508 e. The summed E-state index contributed by atoms with van der Waals surface area (Å²) in [5.74, 6) is 0.420. The highest BCUT2D eigenvalue weighted by Gasteiger charge is 1.99. The Labute approximate surface area is 75.9 Å². The molecule has 0 unspecified atom stereocenters. The molecule has 1 N–H and O–H groups in total. The molecule has 0 saturated carbocycles. The van der Waals surface area contributed by atoms with Gasteiger partial charge < -0.3 is 14.6 Å². The van der Waals surface area contributed by atoms with Gasteiger partial charge in [-0.05, 0) is 12.1 Å². The number of hydrogen-bond acceptors (Lipinski definition) is 4. The van der Waals surface area contributed by atoms with E-state index >= 15 is 0 Å². The Balaban J connectivity index is 2.83. The van der Waals surface area contributed by atoms with Crippen molar-refractivity contribution in [1.29, 1.82) is 5.26 Å². The number of phenolic OH excluding ortho intramolecular Hbond substituents is 1. The van der Waals surface area contributed by atoms with E-state index in [1.807, 2.05) is 6.07 Å². The fraction of sp³-hybridized carbons (Fsp3) is 0.222. The van der Waals surface area contributed by atoms with Gasteiger partial charge in [0.05, 0.1) is 11.6 Å². The lowest BCUT2D eigenvalue weighted by Crippen LogP contribution is -1.98. The van der Waals surface area contributed by atoms with E-state index in [0.717, 1.165) is 0 Å². The quantitative estimate of drug-likeness (QED) is 0.709. The lowest BCUT2D eigenvalue weighted by atomic mass is 10.2. The molecule has 68 valence electrons. The maximum absolute atomic E-state index is 9.15. The van der Waals surface area contributed by atoms with Crippen LogP contribution in [0.2, 0.25) is 0 Å². The molecule has 0 heterocycles. The van der Waals surface area contributed by atoms with Gasteiger partial charge in [0, 0.05) is 13.2 Å². The van der Waals surface area contributed by atoms with Crippen LogP contribution in [0.1, 0.15) is 5.56 Å². The van der Waals surface area contributed by atoms with Gasteiger partial charge >= 0.3 is 0 Å². The zero-order valence-electron chi connectivity index (χ0n) is 7.15. The van der Waals surface area contributed by atoms with Gasteiger partial charge in [-0.2, -0.15) is 5.26 Å². The number of nitrogens with zero attached hydrogens (tertiary/aromatic N) is 1. The van der Waals surface area contributed by atoms with Crippen LogP contribution in [0.25, 0.3) is 0 Å². The van der Waals surface area contributed by atoms with Crippen LogP contribution in [0.3, 0.4) is 0 Å². The zero-order valence-corrected chi connectivity index (χ0v) is 7.15. The molecule has 4 nitrogen and oxygen atoms in total. The third-order valence-corrected chi connectivity index (χ3v) is 1.36. The Morgan fingerprint density at radius 1 is 1.46 bits per heavy atom. The second-order valence-corrected chi connectivity index (χ2v) is 2.38. The molecule has 0 aliphatic rings. The fourth-order valence-electron chi connectivity index (χ4n) is 0.858. The first-order valence-corrected chi connectivity index (χ1v) is 3.62. The summed E-state index contributed by atoms with van der Waals surface area (Å²) >= 11 is 0. The van der Waals surface area contributed by atoms with Gasteiger partial charge in [0.15, 0.2) is 6.79 Å². The third-order valence-electron chi connectivity index (χ3n) is 1.36. The molecule has 0 atom stereocenters. The lowest BCUT2D eigenvalue weighted by molar-refractivity contribution is 0.0510. The predicted molar refractivity (Wildman–Crippen MR) is 45.3 cm³/mol. The van der Waals surface area contributed by atoms with Gasteiger partial charge in [0.1, 0.15) is 11.5 Å². The summed E-state index contributed by atoms with van der Waals surface area (Å²) in [5, 5.41) is 17.7. The minimum absolute atomic E-state index is 0.00477. The fourth-order valence-corrected chi connectivity index (χ4v) is 0.858. The highest BCUT2D eigenvalue weighted by molar-refractivity contribution is 5.43. The second-order valence-electron chi connectivity index (χ2n) is 2.38. The summed E-state index contributed by atoms with van der Waals surface area (Å²) in [4.78, 5) is 0. The normalized spacial score (nSPS) is 9.23. The molecular formula is C9H9NO3. The Morgan fingerprint density at radius 2 is 2.23 bits per heavy atom. The standard InChI is InChI=1S/C9H9NO3/c1-12-6-13-9-3-7(5-10)2-8(11)4-9/h2-4,11H,6H2,1H3. The van der Waals surface area contributed by atoms with Crippen LogP contribution in [0.5, 0.6) is 11.5 Å². The smallest absolute Gasteiger partial charge is 0.188 e. The van der Waals surface area contributed by atoms with Gasteiger partial charge in [-0.25, -0.2) is 0 Å². The Bertz CT molecular complexity index is 330. The van der Waals surface area contributed by atoms with Crippen molar-refractivity contribution < 1.29 is 14.6 Å². The molecule has 13 heavy (non-hydrogen) atoms. The van der Waals surface area contributed by atoms with E-state index in [2.05, 4.69) is 4.74 Å². The first-order valence-electron chi connectivity index (χ1n) is 3.62. The Kier molecular flexibility index (Phi) is 3.12. The number of hydrogen-bond donors (Lipinski definition) is 1. The van der Waals surface area contributed by atoms with E-state index in [4.69, 9.17) is 15.1 Å². The average molecular weight is 179 g/mol. The monoisotopic (exact) mass is 179 g/mol. The third kappa shape index (κ3) is 2.65. The summed E-state index contributed by atoms with van der Waals surface area (Å²) < 4.78 is 9.72.